The van der Waals surface area contributed by atoms with Crippen molar-refractivity contribution in [2.24, 2.45) is 0 Å². The van der Waals surface area contributed by atoms with Crippen LogP contribution in [0.2, 0.25) is 0 Å². The SMILES string of the molecule is O=C(NC1CCN(C(=O)c2ccco2)CC1)c1cnc(-c2ccccc2F)s1. The Morgan fingerprint density at radius 1 is 1.18 bits per heavy atom. The van der Waals surface area contributed by atoms with Gasteiger partial charge in [-0.1, -0.05) is 12.1 Å². The van der Waals surface area contributed by atoms with Gasteiger partial charge in [-0.05, 0) is 37.1 Å². The number of nitrogens with zero attached hydrogens (tertiary/aromatic N) is 2. The molecule has 0 radical (unpaired) electrons. The summed E-state index contributed by atoms with van der Waals surface area (Å²) in [5.74, 6) is -0.395. The molecule has 8 heteroatoms. The molecular formula is C20H18FN3O3S. The van der Waals surface area contributed by atoms with E-state index in [0.29, 0.717) is 47.1 Å². The van der Waals surface area contributed by atoms with Crippen molar-refractivity contribution < 1.29 is 18.4 Å². The van der Waals surface area contributed by atoms with E-state index in [4.69, 9.17) is 4.42 Å². The van der Waals surface area contributed by atoms with Gasteiger partial charge in [0.15, 0.2) is 5.76 Å². The van der Waals surface area contributed by atoms with Crippen molar-refractivity contribution in [3.8, 4) is 10.6 Å². The van der Waals surface area contributed by atoms with Gasteiger partial charge in [-0.25, -0.2) is 9.37 Å². The molecule has 0 spiro atoms. The van der Waals surface area contributed by atoms with Crippen LogP contribution in [0.5, 0.6) is 0 Å². The van der Waals surface area contributed by atoms with Gasteiger partial charge in [0, 0.05) is 24.7 Å². The molecule has 1 aliphatic rings. The first-order chi connectivity index (χ1) is 13.6. The summed E-state index contributed by atoms with van der Waals surface area (Å²) in [6.07, 6.45) is 4.27. The van der Waals surface area contributed by atoms with Crippen molar-refractivity contribution in [1.29, 1.82) is 0 Å². The van der Waals surface area contributed by atoms with Crippen LogP contribution in [0.25, 0.3) is 10.6 Å². The first-order valence-electron chi connectivity index (χ1n) is 8.96. The Hall–Kier alpha value is -3.00. The van der Waals surface area contributed by atoms with Crippen LogP contribution in [0.15, 0.2) is 53.3 Å². The summed E-state index contributed by atoms with van der Waals surface area (Å²) >= 11 is 1.16. The van der Waals surface area contributed by atoms with Gasteiger partial charge in [0.05, 0.1) is 12.5 Å². The zero-order valence-electron chi connectivity index (χ0n) is 14.9. The highest BCUT2D eigenvalue weighted by Crippen LogP contribution is 2.27. The Morgan fingerprint density at radius 3 is 2.68 bits per heavy atom. The number of piperidine rings is 1. The van der Waals surface area contributed by atoms with Crippen molar-refractivity contribution >= 4 is 23.2 Å². The fraction of sp³-hybridized carbons (Fsp3) is 0.250. The average Bonchev–Trinajstić information content (AvgIpc) is 3.41. The number of carbonyl (C=O) groups excluding carboxylic acids is 2. The number of benzene rings is 1. The highest BCUT2D eigenvalue weighted by molar-refractivity contribution is 7.16. The van der Waals surface area contributed by atoms with Gasteiger partial charge in [-0.15, -0.1) is 11.3 Å². The molecule has 1 aromatic carbocycles. The smallest absolute Gasteiger partial charge is 0.289 e. The largest absolute Gasteiger partial charge is 0.459 e. The molecule has 0 aliphatic carbocycles. The van der Waals surface area contributed by atoms with Crippen molar-refractivity contribution in [3.63, 3.8) is 0 Å². The minimum Gasteiger partial charge on any atom is -0.459 e. The van der Waals surface area contributed by atoms with Crippen LogP contribution >= 0.6 is 11.3 Å². The lowest BCUT2D eigenvalue weighted by atomic mass is 10.0. The number of furan rings is 1. The fourth-order valence-corrected chi connectivity index (χ4v) is 4.02. The van der Waals surface area contributed by atoms with E-state index in [1.54, 1.807) is 35.2 Å². The number of carbonyl (C=O) groups is 2. The van der Waals surface area contributed by atoms with E-state index in [2.05, 4.69) is 10.3 Å². The summed E-state index contributed by atoms with van der Waals surface area (Å²) in [5, 5.41) is 3.46. The normalized spacial score (nSPS) is 14.8. The van der Waals surface area contributed by atoms with Gasteiger partial charge in [-0.3, -0.25) is 9.59 Å². The molecule has 1 aliphatic heterocycles. The summed E-state index contributed by atoms with van der Waals surface area (Å²) in [6, 6.07) is 9.67. The maximum absolute atomic E-state index is 13.9. The molecule has 1 fully saturated rings. The Kier molecular flexibility index (Phi) is 5.21. The van der Waals surface area contributed by atoms with Crippen molar-refractivity contribution in [1.82, 2.24) is 15.2 Å². The molecule has 2 aromatic heterocycles. The van der Waals surface area contributed by atoms with E-state index in [1.807, 2.05) is 0 Å². The number of halogens is 1. The molecule has 1 N–H and O–H groups in total. The third kappa shape index (κ3) is 3.82. The first kappa shape index (κ1) is 18.4. The van der Waals surface area contributed by atoms with Crippen LogP contribution < -0.4 is 5.32 Å². The van der Waals surface area contributed by atoms with Gasteiger partial charge in [0.1, 0.15) is 15.7 Å². The second-order valence-corrected chi connectivity index (χ2v) is 7.56. The molecule has 6 nitrogen and oxygen atoms in total. The van der Waals surface area contributed by atoms with E-state index < -0.39 is 0 Å². The number of likely N-dealkylation sites (tertiary alicyclic amines) is 1. The second kappa shape index (κ2) is 7.93. The molecule has 4 rings (SSSR count). The summed E-state index contributed by atoms with van der Waals surface area (Å²) in [7, 11) is 0. The van der Waals surface area contributed by atoms with Crippen LogP contribution in [0.4, 0.5) is 4.39 Å². The first-order valence-corrected chi connectivity index (χ1v) is 9.78. The highest BCUT2D eigenvalue weighted by atomic mass is 32.1. The van der Waals surface area contributed by atoms with E-state index >= 15 is 0 Å². The molecular weight excluding hydrogens is 381 g/mol. The van der Waals surface area contributed by atoms with Crippen LogP contribution in [0, 0.1) is 5.82 Å². The zero-order valence-corrected chi connectivity index (χ0v) is 15.7. The molecule has 0 bridgehead atoms. The Balaban J connectivity index is 1.34. The van der Waals surface area contributed by atoms with E-state index in [0.717, 1.165) is 11.3 Å². The molecule has 0 atom stereocenters. The Labute approximate surface area is 165 Å². The van der Waals surface area contributed by atoms with E-state index in [-0.39, 0.29) is 23.7 Å². The topological polar surface area (TPSA) is 75.4 Å². The lowest BCUT2D eigenvalue weighted by Crippen LogP contribution is -2.46. The molecule has 2 amide bonds. The third-order valence-electron chi connectivity index (χ3n) is 4.68. The van der Waals surface area contributed by atoms with Crippen molar-refractivity contribution in [2.45, 2.75) is 18.9 Å². The number of rotatable bonds is 4. The Bertz CT molecular complexity index is 978. The quantitative estimate of drug-likeness (QED) is 0.728. The zero-order chi connectivity index (χ0) is 19.5. The van der Waals surface area contributed by atoms with Crippen molar-refractivity contribution in [3.05, 3.63) is 65.3 Å². The highest BCUT2D eigenvalue weighted by Gasteiger charge is 2.26. The van der Waals surface area contributed by atoms with Gasteiger partial charge in [-0.2, -0.15) is 0 Å². The van der Waals surface area contributed by atoms with Gasteiger partial charge in [0.2, 0.25) is 0 Å². The second-order valence-electron chi connectivity index (χ2n) is 6.53. The average molecular weight is 399 g/mol. The van der Waals surface area contributed by atoms with Gasteiger partial charge >= 0.3 is 0 Å². The predicted octanol–water partition coefficient (Wildman–Crippen LogP) is 3.58. The molecule has 28 heavy (non-hydrogen) atoms. The number of thiazole rings is 1. The van der Waals surface area contributed by atoms with Crippen LogP contribution in [0.3, 0.4) is 0 Å². The van der Waals surface area contributed by atoms with Crippen LogP contribution in [-0.2, 0) is 0 Å². The predicted molar refractivity (Wildman–Crippen MR) is 103 cm³/mol. The molecule has 144 valence electrons. The number of hydrogen-bond donors (Lipinski definition) is 1. The summed E-state index contributed by atoms with van der Waals surface area (Å²) in [5.41, 5.74) is 0.385. The van der Waals surface area contributed by atoms with Crippen molar-refractivity contribution in [2.75, 3.05) is 13.1 Å². The minimum atomic E-state index is -0.364. The lowest BCUT2D eigenvalue weighted by molar-refractivity contribution is 0.0667. The summed E-state index contributed by atoms with van der Waals surface area (Å²) in [6.45, 7) is 1.10. The lowest BCUT2D eigenvalue weighted by Gasteiger charge is -2.31. The standard InChI is InChI=1S/C20H18FN3O3S/c21-15-5-2-1-4-14(15)19-22-12-17(28-19)18(25)23-13-7-9-24(10-8-13)20(26)16-6-3-11-27-16/h1-6,11-13H,7-10H2,(H,23,25). The number of aromatic nitrogens is 1. The minimum absolute atomic E-state index is 0.0211. The van der Waals surface area contributed by atoms with Crippen LogP contribution in [0.1, 0.15) is 33.1 Å². The van der Waals surface area contributed by atoms with E-state index in [9.17, 15) is 14.0 Å². The summed E-state index contributed by atoms with van der Waals surface area (Å²) in [4.78, 5) is 31.1. The molecule has 0 saturated carbocycles. The van der Waals surface area contributed by atoms with E-state index in [1.165, 1.54) is 18.5 Å². The number of nitrogens with one attached hydrogen (secondary N) is 1. The van der Waals surface area contributed by atoms with Gasteiger partial charge in [0.25, 0.3) is 11.8 Å². The molecule has 0 unspecified atom stereocenters. The Morgan fingerprint density at radius 2 is 1.96 bits per heavy atom. The summed E-state index contributed by atoms with van der Waals surface area (Å²) < 4.78 is 19.0. The molecule has 3 heterocycles. The maximum Gasteiger partial charge on any atom is 0.289 e. The maximum atomic E-state index is 13.9. The third-order valence-corrected chi connectivity index (χ3v) is 5.71. The fourth-order valence-electron chi connectivity index (χ4n) is 3.18. The number of hydrogen-bond acceptors (Lipinski definition) is 5. The molecule has 3 aromatic rings. The van der Waals surface area contributed by atoms with Gasteiger partial charge < -0.3 is 14.6 Å². The monoisotopic (exact) mass is 399 g/mol. The van der Waals surface area contributed by atoms with Crippen LogP contribution in [-0.4, -0.2) is 40.8 Å². The molecule has 1 saturated heterocycles. The number of amides is 2.